The van der Waals surface area contributed by atoms with Gasteiger partial charge in [0.15, 0.2) is 5.96 Å². The van der Waals surface area contributed by atoms with Crippen molar-refractivity contribution in [2.75, 3.05) is 26.2 Å². The highest BCUT2D eigenvalue weighted by molar-refractivity contribution is 6.30. The van der Waals surface area contributed by atoms with E-state index in [0.29, 0.717) is 19.7 Å². The number of hydrogen-bond donors (Lipinski definition) is 2. The summed E-state index contributed by atoms with van der Waals surface area (Å²) in [6, 6.07) is 11.6. The normalized spacial score (nSPS) is 11.2. The van der Waals surface area contributed by atoms with Crippen molar-refractivity contribution in [3.05, 3.63) is 59.4 Å². The van der Waals surface area contributed by atoms with Crippen molar-refractivity contribution in [3.63, 3.8) is 0 Å². The molecule has 0 amide bonds. The van der Waals surface area contributed by atoms with Gasteiger partial charge in [-0.1, -0.05) is 23.7 Å². The molecule has 2 aromatic rings. The second-order valence-corrected chi connectivity index (χ2v) is 5.54. The van der Waals surface area contributed by atoms with Gasteiger partial charge >= 0.3 is 0 Å². The number of nitrogens with one attached hydrogen (secondary N) is 2. The Morgan fingerprint density at radius 2 is 2.04 bits per heavy atom. The molecule has 128 valence electrons. The summed E-state index contributed by atoms with van der Waals surface area (Å²) < 4.78 is 5.60. The smallest absolute Gasteiger partial charge is 0.191 e. The third kappa shape index (κ3) is 6.87. The molecule has 0 unspecified atom stereocenters. The summed E-state index contributed by atoms with van der Waals surface area (Å²) in [4.78, 5) is 8.58. The summed E-state index contributed by atoms with van der Waals surface area (Å²) in [7, 11) is 0. The maximum absolute atomic E-state index is 5.89. The fourth-order valence-corrected chi connectivity index (χ4v) is 2.19. The van der Waals surface area contributed by atoms with E-state index < -0.39 is 0 Å². The average Bonchev–Trinajstić information content (AvgIpc) is 2.61. The fraction of sp³-hybridized carbons (Fsp3) is 0.333. The minimum atomic E-state index is 0.549. The summed E-state index contributed by atoms with van der Waals surface area (Å²) in [5.74, 6) is 1.56. The quantitative estimate of drug-likeness (QED) is 0.438. The van der Waals surface area contributed by atoms with Gasteiger partial charge in [-0.3, -0.25) is 9.98 Å². The van der Waals surface area contributed by atoms with Gasteiger partial charge in [0.05, 0.1) is 12.7 Å². The molecule has 0 aliphatic rings. The van der Waals surface area contributed by atoms with Gasteiger partial charge in [-0.2, -0.15) is 0 Å². The van der Waals surface area contributed by atoms with Crippen LogP contribution in [0.2, 0.25) is 5.02 Å². The summed E-state index contributed by atoms with van der Waals surface area (Å²) >= 11 is 5.89. The first-order valence-electron chi connectivity index (χ1n) is 8.07. The number of benzene rings is 1. The largest absolute Gasteiger partial charge is 0.490 e. The molecule has 24 heavy (non-hydrogen) atoms. The van der Waals surface area contributed by atoms with Crippen LogP contribution in [0.15, 0.2) is 53.8 Å². The van der Waals surface area contributed by atoms with Gasteiger partial charge in [0.25, 0.3) is 0 Å². The number of nitrogens with zero attached hydrogens (tertiary/aromatic N) is 2. The molecule has 0 spiro atoms. The Balaban J connectivity index is 1.72. The Morgan fingerprint density at radius 3 is 2.75 bits per heavy atom. The van der Waals surface area contributed by atoms with E-state index in [4.69, 9.17) is 16.3 Å². The van der Waals surface area contributed by atoms with E-state index in [1.807, 2.05) is 43.3 Å². The van der Waals surface area contributed by atoms with Crippen LogP contribution >= 0.6 is 11.6 Å². The molecule has 0 aliphatic heterocycles. The van der Waals surface area contributed by atoms with E-state index in [0.717, 1.165) is 29.7 Å². The number of aromatic nitrogens is 1. The lowest BCUT2D eigenvalue weighted by atomic mass is 10.1. The number of rotatable bonds is 8. The summed E-state index contributed by atoms with van der Waals surface area (Å²) in [6.45, 7) is 4.79. The molecule has 2 N–H and O–H groups in total. The van der Waals surface area contributed by atoms with Crippen LogP contribution in [0.25, 0.3) is 0 Å². The molecule has 2 rings (SSSR count). The Labute approximate surface area is 148 Å². The zero-order valence-corrected chi connectivity index (χ0v) is 14.6. The minimum absolute atomic E-state index is 0.549. The lowest BCUT2D eigenvalue weighted by Gasteiger charge is -2.12. The van der Waals surface area contributed by atoms with E-state index in [-0.39, 0.29) is 0 Å². The van der Waals surface area contributed by atoms with E-state index in [2.05, 4.69) is 20.6 Å². The van der Waals surface area contributed by atoms with Crippen LogP contribution in [0, 0.1) is 0 Å². The molecular formula is C18H23ClN4O. The van der Waals surface area contributed by atoms with Gasteiger partial charge in [-0.15, -0.1) is 0 Å². The summed E-state index contributed by atoms with van der Waals surface area (Å²) in [5, 5.41) is 7.24. The van der Waals surface area contributed by atoms with Gasteiger partial charge < -0.3 is 15.4 Å². The molecule has 1 aromatic carbocycles. The Kier molecular flexibility index (Phi) is 7.90. The van der Waals surface area contributed by atoms with Crippen LogP contribution in [0.5, 0.6) is 5.75 Å². The summed E-state index contributed by atoms with van der Waals surface area (Å²) in [5.41, 5.74) is 1.22. The molecule has 0 fully saturated rings. The predicted octanol–water partition coefficient (Wildman–Crippen LogP) is 2.91. The number of aliphatic imine (C=N–C) groups is 1. The average molecular weight is 347 g/mol. The fourth-order valence-electron chi connectivity index (χ4n) is 2.06. The van der Waals surface area contributed by atoms with Crippen LogP contribution in [0.4, 0.5) is 0 Å². The topological polar surface area (TPSA) is 58.5 Å². The van der Waals surface area contributed by atoms with Crippen molar-refractivity contribution in [2.45, 2.75) is 13.3 Å². The third-order valence-electron chi connectivity index (χ3n) is 3.23. The molecule has 1 aromatic heterocycles. The second kappa shape index (κ2) is 10.5. The molecular weight excluding hydrogens is 324 g/mol. The SMILES string of the molecule is CCNC(=NCCc1ccc(Cl)cc1)NCCOc1cccnc1. The van der Waals surface area contributed by atoms with Gasteiger partial charge in [0.1, 0.15) is 12.4 Å². The molecule has 0 saturated carbocycles. The first-order chi connectivity index (χ1) is 11.8. The number of pyridine rings is 1. The molecule has 0 aliphatic carbocycles. The molecule has 1 heterocycles. The molecule has 0 radical (unpaired) electrons. The van der Waals surface area contributed by atoms with Crippen LogP contribution in [0.3, 0.4) is 0 Å². The van der Waals surface area contributed by atoms with Crippen molar-refractivity contribution in [1.82, 2.24) is 15.6 Å². The van der Waals surface area contributed by atoms with Crippen LogP contribution in [-0.2, 0) is 6.42 Å². The lowest BCUT2D eigenvalue weighted by molar-refractivity contribution is 0.320. The van der Waals surface area contributed by atoms with Crippen molar-refractivity contribution in [3.8, 4) is 5.75 Å². The standard InChI is InChI=1S/C18H23ClN4O/c1-2-21-18(22-11-9-15-5-7-16(19)8-6-15)23-12-13-24-17-4-3-10-20-14-17/h3-8,10,14H,2,9,11-13H2,1H3,(H2,21,22,23). The van der Waals surface area contributed by atoms with Gasteiger partial charge in [0.2, 0.25) is 0 Å². The van der Waals surface area contributed by atoms with E-state index in [1.54, 1.807) is 12.4 Å². The van der Waals surface area contributed by atoms with Gasteiger partial charge in [-0.05, 0) is 43.2 Å². The first-order valence-corrected chi connectivity index (χ1v) is 8.45. The monoisotopic (exact) mass is 346 g/mol. The number of ether oxygens (including phenoxy) is 1. The zero-order valence-electron chi connectivity index (χ0n) is 13.8. The maximum Gasteiger partial charge on any atom is 0.191 e. The second-order valence-electron chi connectivity index (χ2n) is 5.10. The number of halogens is 1. The van der Waals surface area contributed by atoms with Crippen molar-refractivity contribution >= 4 is 17.6 Å². The highest BCUT2D eigenvalue weighted by Crippen LogP contribution is 2.09. The predicted molar refractivity (Wildman–Crippen MR) is 98.9 cm³/mol. The number of hydrogen-bond acceptors (Lipinski definition) is 3. The molecule has 6 heteroatoms. The van der Waals surface area contributed by atoms with Crippen molar-refractivity contribution in [2.24, 2.45) is 4.99 Å². The van der Waals surface area contributed by atoms with Crippen molar-refractivity contribution < 1.29 is 4.74 Å². The highest BCUT2D eigenvalue weighted by atomic mass is 35.5. The molecule has 5 nitrogen and oxygen atoms in total. The van der Waals surface area contributed by atoms with Crippen LogP contribution in [0.1, 0.15) is 12.5 Å². The first kappa shape index (κ1) is 18.1. The van der Waals surface area contributed by atoms with Gasteiger partial charge in [-0.25, -0.2) is 0 Å². The van der Waals surface area contributed by atoms with Crippen molar-refractivity contribution in [1.29, 1.82) is 0 Å². The third-order valence-corrected chi connectivity index (χ3v) is 3.48. The zero-order chi connectivity index (χ0) is 17.0. The molecule has 0 bridgehead atoms. The highest BCUT2D eigenvalue weighted by Gasteiger charge is 1.98. The number of guanidine groups is 1. The Morgan fingerprint density at radius 1 is 1.21 bits per heavy atom. The van der Waals surface area contributed by atoms with E-state index in [9.17, 15) is 0 Å². The van der Waals surface area contributed by atoms with Gasteiger partial charge in [0, 0.05) is 24.3 Å². The van der Waals surface area contributed by atoms with Crippen LogP contribution in [-0.4, -0.2) is 37.2 Å². The van der Waals surface area contributed by atoms with Crippen LogP contribution < -0.4 is 15.4 Å². The maximum atomic E-state index is 5.89. The summed E-state index contributed by atoms with van der Waals surface area (Å²) in [6.07, 6.45) is 4.30. The minimum Gasteiger partial charge on any atom is -0.490 e. The molecule has 0 atom stereocenters. The Hall–Kier alpha value is -2.27. The molecule has 0 saturated heterocycles. The Bertz CT molecular complexity index is 617. The van der Waals surface area contributed by atoms with E-state index >= 15 is 0 Å². The lowest BCUT2D eigenvalue weighted by Crippen LogP contribution is -2.39. The van der Waals surface area contributed by atoms with E-state index in [1.165, 1.54) is 5.56 Å².